The van der Waals surface area contributed by atoms with Crippen molar-refractivity contribution in [2.24, 2.45) is 5.41 Å². The lowest BCUT2D eigenvalue weighted by molar-refractivity contribution is -0.161. The Balaban J connectivity index is 1.97. The normalized spacial score (nSPS) is 22.5. The van der Waals surface area contributed by atoms with Crippen LogP contribution in [0, 0.1) is 5.41 Å². The highest BCUT2D eigenvalue weighted by Crippen LogP contribution is 2.54. The Morgan fingerprint density at radius 3 is 2.33 bits per heavy atom. The Bertz CT molecular complexity index is 1370. The van der Waals surface area contributed by atoms with Crippen LogP contribution in [0.5, 0.6) is 0 Å². The number of benzene rings is 2. The molecular weight excluding hydrogens is 552 g/mol. The second-order valence-corrected chi connectivity index (χ2v) is 10.9. The largest absolute Gasteiger partial charge is 0.481 e. The van der Waals surface area contributed by atoms with Crippen molar-refractivity contribution in [1.29, 1.82) is 0 Å². The van der Waals surface area contributed by atoms with Crippen molar-refractivity contribution >= 4 is 35.1 Å². The molecule has 2 heterocycles. The van der Waals surface area contributed by atoms with Gasteiger partial charge in [0.1, 0.15) is 5.69 Å². The fourth-order valence-electron chi connectivity index (χ4n) is 5.57. The molecule has 1 fully saturated rings. The number of amides is 1. The van der Waals surface area contributed by atoms with Gasteiger partial charge in [-0.3, -0.25) is 9.59 Å². The van der Waals surface area contributed by atoms with Crippen molar-refractivity contribution in [2.75, 3.05) is 0 Å². The van der Waals surface area contributed by atoms with E-state index in [-0.39, 0.29) is 18.5 Å². The number of carboxylic acid groups (broad SMARTS) is 1. The molecular formula is C29H27Cl2F3N2O3. The molecule has 1 aliphatic rings. The quantitative estimate of drug-likeness (QED) is 0.307. The van der Waals surface area contributed by atoms with Gasteiger partial charge in [0.15, 0.2) is 0 Å². The average molecular weight is 579 g/mol. The second kappa shape index (κ2) is 11.2. The van der Waals surface area contributed by atoms with Gasteiger partial charge in [0.05, 0.1) is 29.6 Å². The number of hydrogen-bond donors (Lipinski definition) is 1. The van der Waals surface area contributed by atoms with Crippen LogP contribution in [-0.2, 0) is 15.8 Å². The first kappa shape index (κ1) is 28.9. The summed E-state index contributed by atoms with van der Waals surface area (Å²) in [5.41, 5.74) is -0.838. The van der Waals surface area contributed by atoms with E-state index in [1.807, 2.05) is 6.07 Å². The van der Waals surface area contributed by atoms with Crippen molar-refractivity contribution < 1.29 is 27.9 Å². The van der Waals surface area contributed by atoms with E-state index in [4.69, 9.17) is 23.2 Å². The van der Waals surface area contributed by atoms with Gasteiger partial charge in [0.2, 0.25) is 5.91 Å². The van der Waals surface area contributed by atoms with Crippen LogP contribution >= 0.6 is 23.2 Å². The van der Waals surface area contributed by atoms with Gasteiger partial charge in [-0.2, -0.15) is 13.2 Å². The van der Waals surface area contributed by atoms with Crippen LogP contribution in [-0.4, -0.2) is 26.9 Å². The molecule has 0 aliphatic carbocycles. The van der Waals surface area contributed by atoms with Crippen LogP contribution < -0.4 is 0 Å². The minimum Gasteiger partial charge on any atom is -0.481 e. The Labute approximate surface area is 234 Å². The molecule has 0 bridgehead atoms. The van der Waals surface area contributed by atoms with Crippen LogP contribution in [0.2, 0.25) is 10.0 Å². The number of aliphatic carboxylic acids is 1. The Morgan fingerprint density at radius 2 is 1.74 bits per heavy atom. The van der Waals surface area contributed by atoms with Gasteiger partial charge in [-0.1, -0.05) is 67.4 Å². The smallest absolute Gasteiger partial charge is 0.433 e. The summed E-state index contributed by atoms with van der Waals surface area (Å²) in [6.07, 6.45) is -4.68. The molecule has 10 heteroatoms. The molecule has 3 aromatic rings. The number of aromatic nitrogens is 1. The van der Waals surface area contributed by atoms with E-state index in [9.17, 15) is 27.9 Å². The topological polar surface area (TPSA) is 70.5 Å². The van der Waals surface area contributed by atoms with Crippen LogP contribution in [0.25, 0.3) is 0 Å². The van der Waals surface area contributed by atoms with E-state index in [0.29, 0.717) is 15.6 Å². The van der Waals surface area contributed by atoms with Crippen LogP contribution in [0.3, 0.4) is 0 Å². The van der Waals surface area contributed by atoms with Crippen molar-refractivity contribution in [3.63, 3.8) is 0 Å². The molecule has 0 spiro atoms. The summed E-state index contributed by atoms with van der Waals surface area (Å²) in [5.74, 6) is -2.04. The molecule has 1 amide bonds. The number of carboxylic acids is 1. The monoisotopic (exact) mass is 578 g/mol. The van der Waals surface area contributed by atoms with Crippen LogP contribution in [0.15, 0.2) is 66.7 Å². The molecule has 1 aromatic heterocycles. The average Bonchev–Trinajstić information content (AvgIpc) is 2.87. The number of halogens is 5. The van der Waals surface area contributed by atoms with Gasteiger partial charge < -0.3 is 10.0 Å². The van der Waals surface area contributed by atoms with Gasteiger partial charge in [-0.25, -0.2) is 4.98 Å². The van der Waals surface area contributed by atoms with Crippen LogP contribution in [0.1, 0.15) is 73.6 Å². The number of hydrogen-bond acceptors (Lipinski definition) is 3. The first-order valence-corrected chi connectivity index (χ1v) is 13.2. The lowest BCUT2D eigenvalue weighted by Crippen LogP contribution is -2.53. The standard InChI is InChI=1S/C29H27Cl2F3N2O3/c1-3-23(22-8-5-9-24(35-22)29(32,33)34)36-26(17-10-12-19(30)13-11-17)21(18-6-4-7-20(31)14-18)15-28(2,27(36)39)16-25(37)38/h4-14,21,23,26H,3,15-16H2,1-2H3,(H,37,38)/t21-,23+,26-,28+/m1/s1. The Kier molecular flexibility index (Phi) is 8.28. The van der Waals surface area contributed by atoms with E-state index >= 15 is 0 Å². The summed E-state index contributed by atoms with van der Waals surface area (Å²) in [7, 11) is 0. The number of carbonyl (C=O) groups is 2. The zero-order chi connectivity index (χ0) is 28.5. The highest BCUT2D eigenvalue weighted by molar-refractivity contribution is 6.30. The van der Waals surface area contributed by atoms with Crippen molar-refractivity contribution in [3.05, 3.63) is 99.3 Å². The van der Waals surface area contributed by atoms with Gasteiger partial charge in [0.25, 0.3) is 0 Å². The van der Waals surface area contributed by atoms with Crippen LogP contribution in [0.4, 0.5) is 13.2 Å². The number of piperidine rings is 1. The third kappa shape index (κ3) is 6.07. The molecule has 4 rings (SSSR count). The third-order valence-corrected chi connectivity index (χ3v) is 7.74. The molecule has 0 radical (unpaired) electrons. The second-order valence-electron chi connectivity index (χ2n) is 10.1. The summed E-state index contributed by atoms with van der Waals surface area (Å²) in [6, 6.07) is 16.1. The number of carbonyl (C=O) groups excluding carboxylic acids is 1. The molecule has 5 nitrogen and oxygen atoms in total. The number of nitrogens with zero attached hydrogens (tertiary/aromatic N) is 2. The number of likely N-dealkylation sites (tertiary alicyclic amines) is 1. The number of rotatable bonds is 7. The van der Waals surface area contributed by atoms with E-state index in [2.05, 4.69) is 4.98 Å². The maximum absolute atomic E-state index is 14.3. The summed E-state index contributed by atoms with van der Waals surface area (Å²) < 4.78 is 40.8. The summed E-state index contributed by atoms with van der Waals surface area (Å²) in [4.78, 5) is 31.7. The molecule has 39 heavy (non-hydrogen) atoms. The van der Waals surface area contributed by atoms with Crippen molar-refractivity contribution in [2.45, 2.75) is 57.3 Å². The zero-order valence-electron chi connectivity index (χ0n) is 21.3. The molecule has 2 aromatic carbocycles. The molecule has 4 atom stereocenters. The predicted octanol–water partition coefficient (Wildman–Crippen LogP) is 8.10. The maximum Gasteiger partial charge on any atom is 0.433 e. The van der Waals surface area contributed by atoms with E-state index < -0.39 is 53.6 Å². The number of pyridine rings is 1. The minimum absolute atomic E-state index is 0.0732. The summed E-state index contributed by atoms with van der Waals surface area (Å²) in [6.45, 7) is 3.36. The van der Waals surface area contributed by atoms with Gasteiger partial charge in [0, 0.05) is 16.0 Å². The molecule has 206 valence electrons. The highest BCUT2D eigenvalue weighted by atomic mass is 35.5. The lowest BCUT2D eigenvalue weighted by atomic mass is 9.67. The maximum atomic E-state index is 14.3. The molecule has 0 saturated carbocycles. The SMILES string of the molecule is CC[C@@H](c1cccc(C(F)(F)F)n1)N1C(=O)[C@](C)(CC(=O)O)C[C@H](c2cccc(Cl)c2)[C@H]1c1ccc(Cl)cc1. The van der Waals surface area contributed by atoms with Gasteiger partial charge >= 0.3 is 12.1 Å². The first-order chi connectivity index (χ1) is 18.3. The molecule has 1 aliphatic heterocycles. The van der Waals surface area contributed by atoms with E-state index in [1.165, 1.54) is 17.0 Å². The molecule has 1 N–H and O–H groups in total. The van der Waals surface area contributed by atoms with Crippen molar-refractivity contribution in [3.8, 4) is 0 Å². The van der Waals surface area contributed by atoms with Crippen molar-refractivity contribution in [1.82, 2.24) is 9.88 Å². The minimum atomic E-state index is -4.67. The van der Waals surface area contributed by atoms with E-state index in [0.717, 1.165) is 11.6 Å². The molecule has 0 unspecified atom stereocenters. The summed E-state index contributed by atoms with van der Waals surface area (Å²) in [5, 5.41) is 10.7. The predicted molar refractivity (Wildman–Crippen MR) is 142 cm³/mol. The molecule has 1 saturated heterocycles. The number of alkyl halides is 3. The lowest BCUT2D eigenvalue weighted by Gasteiger charge is -2.51. The third-order valence-electron chi connectivity index (χ3n) is 7.26. The fraction of sp³-hybridized carbons (Fsp3) is 0.345. The van der Waals surface area contributed by atoms with Gasteiger partial charge in [-0.05, 0) is 60.4 Å². The van der Waals surface area contributed by atoms with Gasteiger partial charge in [-0.15, -0.1) is 0 Å². The Hall–Kier alpha value is -3.10. The summed E-state index contributed by atoms with van der Waals surface area (Å²) >= 11 is 12.5. The first-order valence-electron chi connectivity index (χ1n) is 12.4. The van der Waals surface area contributed by atoms with E-state index in [1.54, 1.807) is 56.3 Å². The zero-order valence-corrected chi connectivity index (χ0v) is 22.8. The fourth-order valence-corrected chi connectivity index (χ4v) is 5.89. The highest BCUT2D eigenvalue weighted by Gasteiger charge is 2.52. The Morgan fingerprint density at radius 1 is 1.08 bits per heavy atom.